The van der Waals surface area contributed by atoms with E-state index in [0.717, 1.165) is 6.42 Å². The summed E-state index contributed by atoms with van der Waals surface area (Å²) in [7, 11) is 0. The fourth-order valence-electron chi connectivity index (χ4n) is 4.13. The molecule has 1 amide bonds. The molecule has 0 aliphatic heterocycles. The number of carbonyl (C=O) groups is 2. The summed E-state index contributed by atoms with van der Waals surface area (Å²) in [6, 6.07) is 24.1. The van der Waals surface area contributed by atoms with E-state index in [4.69, 9.17) is 0 Å². The lowest BCUT2D eigenvalue weighted by Crippen LogP contribution is -2.22. The predicted octanol–water partition coefficient (Wildman–Crippen LogP) is 5.45. The molecule has 0 heterocycles. The van der Waals surface area contributed by atoms with Gasteiger partial charge in [0.05, 0.1) is 5.92 Å². The van der Waals surface area contributed by atoms with E-state index in [0.29, 0.717) is 11.3 Å². The summed E-state index contributed by atoms with van der Waals surface area (Å²) in [6.45, 7) is 5.67. The van der Waals surface area contributed by atoms with Crippen molar-refractivity contribution in [1.82, 2.24) is 0 Å². The van der Waals surface area contributed by atoms with E-state index in [9.17, 15) is 9.59 Å². The molecule has 0 spiro atoms. The molecule has 1 fully saturated rings. The van der Waals surface area contributed by atoms with E-state index in [1.54, 1.807) is 18.2 Å². The van der Waals surface area contributed by atoms with Crippen LogP contribution in [0, 0.1) is 19.8 Å². The van der Waals surface area contributed by atoms with Crippen molar-refractivity contribution in [2.24, 2.45) is 5.92 Å². The smallest absolute Gasteiger partial charge is 0.228 e. The fourth-order valence-corrected chi connectivity index (χ4v) is 4.13. The Bertz CT molecular complexity index is 1020. The first kappa shape index (κ1) is 19.1. The molecular formula is C26H25NO2. The van der Waals surface area contributed by atoms with Crippen LogP contribution in [0.5, 0.6) is 0 Å². The van der Waals surface area contributed by atoms with Gasteiger partial charge in [0.2, 0.25) is 5.91 Å². The summed E-state index contributed by atoms with van der Waals surface area (Å²) in [5, 5.41) is 3.03. The highest BCUT2D eigenvalue weighted by Crippen LogP contribution is 2.59. The van der Waals surface area contributed by atoms with E-state index in [-0.39, 0.29) is 23.0 Å². The molecule has 3 heteroatoms. The van der Waals surface area contributed by atoms with Gasteiger partial charge in [-0.15, -0.1) is 0 Å². The highest BCUT2D eigenvalue weighted by atomic mass is 16.2. The highest BCUT2D eigenvalue weighted by Gasteiger charge is 2.60. The number of amides is 1. The second-order valence-corrected chi connectivity index (χ2v) is 8.09. The Morgan fingerprint density at radius 2 is 1.41 bits per heavy atom. The molecule has 1 N–H and O–H groups in total. The summed E-state index contributed by atoms with van der Waals surface area (Å²) in [5.41, 5.74) is 5.71. The average Bonchev–Trinajstić information content (AvgIpc) is 3.46. The summed E-state index contributed by atoms with van der Waals surface area (Å²) in [4.78, 5) is 24.8. The second-order valence-electron chi connectivity index (χ2n) is 8.09. The topological polar surface area (TPSA) is 46.2 Å². The van der Waals surface area contributed by atoms with E-state index >= 15 is 0 Å². The molecule has 3 aromatic carbocycles. The summed E-state index contributed by atoms with van der Waals surface area (Å²) in [6.07, 6.45) is 0.775. The van der Waals surface area contributed by atoms with Gasteiger partial charge in [0.25, 0.3) is 0 Å². The van der Waals surface area contributed by atoms with Crippen molar-refractivity contribution in [2.45, 2.75) is 32.6 Å². The molecule has 1 aliphatic rings. The van der Waals surface area contributed by atoms with Crippen molar-refractivity contribution in [3.8, 4) is 0 Å². The molecule has 3 aromatic rings. The van der Waals surface area contributed by atoms with Gasteiger partial charge in [-0.2, -0.15) is 0 Å². The number of hydrogen-bond acceptors (Lipinski definition) is 2. The van der Waals surface area contributed by atoms with Crippen LogP contribution < -0.4 is 5.32 Å². The first-order chi connectivity index (χ1) is 13.9. The van der Waals surface area contributed by atoms with Crippen LogP contribution in [0.15, 0.2) is 72.8 Å². The van der Waals surface area contributed by atoms with Crippen LogP contribution >= 0.6 is 0 Å². The molecule has 1 saturated carbocycles. The Morgan fingerprint density at radius 3 is 1.93 bits per heavy atom. The lowest BCUT2D eigenvalue weighted by Gasteiger charge is -2.19. The number of aryl methyl sites for hydroxylation is 2. The van der Waals surface area contributed by atoms with Crippen LogP contribution in [0.4, 0.5) is 5.69 Å². The molecule has 4 rings (SSSR count). The number of benzene rings is 3. The number of rotatable bonds is 5. The lowest BCUT2D eigenvalue weighted by atomic mass is 9.85. The van der Waals surface area contributed by atoms with Crippen molar-refractivity contribution < 1.29 is 9.59 Å². The third-order valence-electron chi connectivity index (χ3n) is 5.95. The quantitative estimate of drug-likeness (QED) is 0.596. The molecule has 0 bridgehead atoms. The van der Waals surface area contributed by atoms with E-state index in [1.807, 2.05) is 6.07 Å². The normalized spacial score (nSPS) is 16.9. The van der Waals surface area contributed by atoms with Crippen LogP contribution in [-0.2, 0) is 10.2 Å². The number of carbonyl (C=O) groups excluding carboxylic acids is 2. The molecule has 29 heavy (non-hydrogen) atoms. The maximum absolute atomic E-state index is 13.2. The molecule has 146 valence electrons. The molecule has 0 unspecified atom stereocenters. The lowest BCUT2D eigenvalue weighted by molar-refractivity contribution is -0.117. The summed E-state index contributed by atoms with van der Waals surface area (Å²) in [5.74, 6) is -0.165. The van der Waals surface area contributed by atoms with Crippen LogP contribution in [-0.4, -0.2) is 11.7 Å². The van der Waals surface area contributed by atoms with Crippen LogP contribution in [0.2, 0.25) is 0 Å². The zero-order valence-corrected chi connectivity index (χ0v) is 17.0. The largest absolute Gasteiger partial charge is 0.326 e. The van der Waals surface area contributed by atoms with Crippen molar-refractivity contribution >= 4 is 17.4 Å². The van der Waals surface area contributed by atoms with Crippen molar-refractivity contribution in [3.05, 3.63) is 101 Å². The van der Waals surface area contributed by atoms with Gasteiger partial charge in [0.15, 0.2) is 5.78 Å². The maximum atomic E-state index is 13.2. The minimum absolute atomic E-state index is 0.00754. The molecule has 0 saturated heterocycles. The molecule has 0 radical (unpaired) electrons. The van der Waals surface area contributed by atoms with Gasteiger partial charge >= 0.3 is 0 Å². The SMILES string of the molecule is CC(=O)c1cccc(NC(=O)[C@@H]2CC2(c2ccc(C)cc2)c2ccc(C)cc2)c1. The fraction of sp³-hybridized carbons (Fsp3) is 0.231. The van der Waals surface area contributed by atoms with Gasteiger partial charge in [-0.25, -0.2) is 0 Å². The Kier molecular flexibility index (Phi) is 4.83. The predicted molar refractivity (Wildman–Crippen MR) is 116 cm³/mol. The summed E-state index contributed by atoms with van der Waals surface area (Å²) >= 11 is 0. The number of Topliss-reactive ketones (excluding diaryl/α,β-unsaturated/α-hetero) is 1. The Balaban J connectivity index is 1.65. The molecule has 3 nitrogen and oxygen atoms in total. The Labute approximate surface area is 171 Å². The maximum Gasteiger partial charge on any atom is 0.228 e. The molecule has 1 aliphatic carbocycles. The monoisotopic (exact) mass is 383 g/mol. The molecule has 0 aromatic heterocycles. The van der Waals surface area contributed by atoms with Crippen LogP contribution in [0.25, 0.3) is 0 Å². The Hall–Kier alpha value is -3.20. The summed E-state index contributed by atoms with van der Waals surface area (Å²) < 4.78 is 0. The Morgan fingerprint density at radius 1 is 0.862 bits per heavy atom. The minimum Gasteiger partial charge on any atom is -0.326 e. The van der Waals surface area contributed by atoms with Gasteiger partial charge in [0, 0.05) is 16.7 Å². The van der Waals surface area contributed by atoms with E-state index < -0.39 is 0 Å². The standard InChI is InChI=1S/C26H25NO2/c1-17-7-11-21(12-8-17)26(22-13-9-18(2)10-14-22)16-24(26)25(29)27-23-6-4-5-20(15-23)19(3)28/h4-15,24H,16H2,1-3H3,(H,27,29)/t24-/m0/s1. The highest BCUT2D eigenvalue weighted by molar-refractivity contribution is 5.99. The second kappa shape index (κ2) is 7.32. The molecular weight excluding hydrogens is 358 g/mol. The zero-order chi connectivity index (χ0) is 20.6. The van der Waals surface area contributed by atoms with Gasteiger partial charge in [0.1, 0.15) is 0 Å². The van der Waals surface area contributed by atoms with Gasteiger partial charge in [-0.05, 0) is 50.5 Å². The number of anilines is 1. The first-order valence-corrected chi connectivity index (χ1v) is 9.96. The number of nitrogens with one attached hydrogen (secondary N) is 1. The van der Waals surface area contributed by atoms with Crippen LogP contribution in [0.3, 0.4) is 0 Å². The number of hydrogen-bond donors (Lipinski definition) is 1. The third-order valence-corrected chi connectivity index (χ3v) is 5.95. The van der Waals surface area contributed by atoms with Gasteiger partial charge < -0.3 is 5.32 Å². The van der Waals surface area contributed by atoms with Crippen molar-refractivity contribution in [2.75, 3.05) is 5.32 Å². The van der Waals surface area contributed by atoms with Crippen molar-refractivity contribution in [3.63, 3.8) is 0 Å². The van der Waals surface area contributed by atoms with E-state index in [2.05, 4.69) is 67.7 Å². The average molecular weight is 383 g/mol. The van der Waals surface area contributed by atoms with Gasteiger partial charge in [-0.3, -0.25) is 9.59 Å². The van der Waals surface area contributed by atoms with Crippen molar-refractivity contribution in [1.29, 1.82) is 0 Å². The first-order valence-electron chi connectivity index (χ1n) is 9.96. The van der Waals surface area contributed by atoms with E-state index in [1.165, 1.54) is 29.2 Å². The van der Waals surface area contributed by atoms with Gasteiger partial charge in [-0.1, -0.05) is 71.8 Å². The number of ketones is 1. The molecule has 1 atom stereocenters. The minimum atomic E-state index is -0.302. The zero-order valence-electron chi connectivity index (χ0n) is 17.0. The third kappa shape index (κ3) is 3.61. The van der Waals surface area contributed by atoms with Crippen LogP contribution in [0.1, 0.15) is 46.0 Å².